The summed E-state index contributed by atoms with van der Waals surface area (Å²) in [6.45, 7) is 4.20. The average molecular weight is 602 g/mol. The topological polar surface area (TPSA) is 69.6 Å². The molecule has 0 rings (SSSR count). The van der Waals surface area contributed by atoms with Gasteiger partial charge in [-0.25, -0.2) is 0 Å². The van der Waals surface area contributed by atoms with Crippen LogP contribution < -0.4 is 5.32 Å². The van der Waals surface area contributed by atoms with Crippen molar-refractivity contribution in [3.8, 4) is 0 Å². The number of carbonyl (C=O) groups excluding carboxylic acids is 1. The number of nitrogens with one attached hydrogen (secondary N) is 1. The van der Waals surface area contributed by atoms with Crippen LogP contribution in [-0.4, -0.2) is 34.9 Å². The maximum absolute atomic E-state index is 12.3. The summed E-state index contributed by atoms with van der Waals surface area (Å²) in [4.78, 5) is 12.3. The number of allylic oxidation sites excluding steroid dienone is 7. The zero-order valence-electron chi connectivity index (χ0n) is 28.5. The van der Waals surface area contributed by atoms with Crippen molar-refractivity contribution in [2.75, 3.05) is 6.61 Å². The summed E-state index contributed by atoms with van der Waals surface area (Å²) in [7, 11) is 0. The molecule has 0 aliphatic rings. The van der Waals surface area contributed by atoms with Gasteiger partial charge in [-0.1, -0.05) is 159 Å². The minimum atomic E-state index is -0.859. The highest BCUT2D eigenvalue weighted by atomic mass is 16.3. The van der Waals surface area contributed by atoms with Gasteiger partial charge in [0.05, 0.1) is 18.8 Å². The second-order valence-electron chi connectivity index (χ2n) is 12.3. The van der Waals surface area contributed by atoms with Gasteiger partial charge in [0.25, 0.3) is 0 Å². The lowest BCUT2D eigenvalue weighted by Gasteiger charge is -2.19. The van der Waals surface area contributed by atoms with Crippen molar-refractivity contribution in [2.45, 2.75) is 187 Å². The van der Waals surface area contributed by atoms with Crippen molar-refractivity contribution in [1.29, 1.82) is 0 Å². The minimum Gasteiger partial charge on any atom is -0.394 e. The Hall–Kier alpha value is -1.65. The molecule has 0 fully saturated rings. The molecule has 0 aromatic rings. The van der Waals surface area contributed by atoms with Gasteiger partial charge in [0.15, 0.2) is 0 Å². The second-order valence-corrected chi connectivity index (χ2v) is 12.3. The first-order valence-electron chi connectivity index (χ1n) is 18.4. The number of unbranched alkanes of at least 4 members (excludes halogenated alkanes) is 19. The van der Waals surface area contributed by atoms with E-state index in [9.17, 15) is 15.0 Å². The SMILES string of the molecule is CCCC/C=C/CC/C=C/C(O)C(CO)NC(=O)CCCCCCCCCCCCC/C=C\C/C=C\CCCCCCC. The molecular weight excluding hydrogens is 530 g/mol. The van der Waals surface area contributed by atoms with Gasteiger partial charge in [0, 0.05) is 6.42 Å². The van der Waals surface area contributed by atoms with E-state index in [4.69, 9.17) is 0 Å². The van der Waals surface area contributed by atoms with E-state index in [2.05, 4.69) is 55.6 Å². The van der Waals surface area contributed by atoms with Crippen LogP contribution in [0.4, 0.5) is 0 Å². The lowest BCUT2D eigenvalue weighted by Crippen LogP contribution is -2.45. The molecule has 0 radical (unpaired) electrons. The standard InChI is InChI=1S/C39H71NO3/c1-3-5-7-9-11-13-14-15-16-17-18-19-20-21-22-23-24-25-26-27-29-31-33-35-39(43)40-37(36-41)38(42)34-32-30-28-12-10-8-6-4-2/h10,12,14-15,17-18,32,34,37-38,41-42H,3-9,11,13,16,19-31,33,35-36H2,1-2H3,(H,40,43)/b12-10+,15-14-,18-17-,34-32+. The molecule has 250 valence electrons. The molecule has 2 atom stereocenters. The van der Waals surface area contributed by atoms with Crippen molar-refractivity contribution in [2.24, 2.45) is 0 Å². The number of amides is 1. The molecule has 3 N–H and O–H groups in total. The van der Waals surface area contributed by atoms with Crippen LogP contribution in [0.25, 0.3) is 0 Å². The second kappa shape index (κ2) is 34.8. The van der Waals surface area contributed by atoms with Crippen molar-refractivity contribution in [3.63, 3.8) is 0 Å². The third-order valence-electron chi connectivity index (χ3n) is 8.03. The van der Waals surface area contributed by atoms with Gasteiger partial charge in [0.1, 0.15) is 0 Å². The average Bonchev–Trinajstić information content (AvgIpc) is 3.01. The largest absolute Gasteiger partial charge is 0.394 e. The normalized spacial score (nSPS) is 13.7. The molecule has 0 aromatic heterocycles. The van der Waals surface area contributed by atoms with Crippen LogP contribution in [0.1, 0.15) is 174 Å². The monoisotopic (exact) mass is 602 g/mol. The lowest BCUT2D eigenvalue weighted by molar-refractivity contribution is -0.123. The van der Waals surface area contributed by atoms with Crippen LogP contribution in [0.2, 0.25) is 0 Å². The fraction of sp³-hybridized carbons (Fsp3) is 0.769. The van der Waals surface area contributed by atoms with Gasteiger partial charge in [-0.05, 0) is 57.8 Å². The third kappa shape index (κ3) is 31.6. The number of rotatable bonds is 32. The van der Waals surface area contributed by atoms with Crippen molar-refractivity contribution >= 4 is 5.91 Å². The zero-order chi connectivity index (χ0) is 31.5. The van der Waals surface area contributed by atoms with Gasteiger partial charge in [-0.15, -0.1) is 0 Å². The van der Waals surface area contributed by atoms with E-state index in [1.807, 2.05) is 6.08 Å². The highest BCUT2D eigenvalue weighted by Crippen LogP contribution is 2.13. The van der Waals surface area contributed by atoms with Crippen LogP contribution in [-0.2, 0) is 4.79 Å². The molecule has 43 heavy (non-hydrogen) atoms. The number of hydrogen-bond acceptors (Lipinski definition) is 3. The highest BCUT2D eigenvalue weighted by Gasteiger charge is 2.17. The van der Waals surface area contributed by atoms with Crippen LogP contribution >= 0.6 is 0 Å². The molecule has 1 amide bonds. The molecule has 0 spiro atoms. The quantitative estimate of drug-likeness (QED) is 0.0530. The summed E-state index contributed by atoms with van der Waals surface area (Å²) >= 11 is 0. The van der Waals surface area contributed by atoms with Gasteiger partial charge < -0.3 is 15.5 Å². The first kappa shape index (κ1) is 41.4. The third-order valence-corrected chi connectivity index (χ3v) is 8.03. The Kier molecular flexibility index (Phi) is 33.5. The Labute approximate surface area is 267 Å². The zero-order valence-corrected chi connectivity index (χ0v) is 28.5. The van der Waals surface area contributed by atoms with E-state index in [1.54, 1.807) is 6.08 Å². The fourth-order valence-electron chi connectivity index (χ4n) is 5.15. The number of hydrogen-bond donors (Lipinski definition) is 3. The first-order chi connectivity index (χ1) is 21.2. The molecular formula is C39H71NO3. The van der Waals surface area contributed by atoms with Crippen LogP contribution in [0.3, 0.4) is 0 Å². The number of aliphatic hydroxyl groups excluding tert-OH is 2. The summed E-state index contributed by atoms with van der Waals surface area (Å²) in [5, 5.41) is 22.7. The van der Waals surface area contributed by atoms with E-state index in [-0.39, 0.29) is 12.5 Å². The number of carbonyl (C=O) groups is 1. The van der Waals surface area contributed by atoms with E-state index >= 15 is 0 Å². The van der Waals surface area contributed by atoms with Crippen molar-refractivity contribution < 1.29 is 15.0 Å². The maximum Gasteiger partial charge on any atom is 0.220 e. The molecule has 0 saturated heterocycles. The Morgan fingerprint density at radius 3 is 1.56 bits per heavy atom. The first-order valence-corrected chi connectivity index (χ1v) is 18.4. The molecule has 0 aliphatic heterocycles. The minimum absolute atomic E-state index is 0.0822. The predicted molar refractivity (Wildman–Crippen MR) is 188 cm³/mol. The molecule has 0 aromatic carbocycles. The summed E-state index contributed by atoms with van der Waals surface area (Å²) in [5.74, 6) is -0.0822. The Bertz CT molecular complexity index is 697. The predicted octanol–water partition coefficient (Wildman–Crippen LogP) is 10.8. The van der Waals surface area contributed by atoms with Crippen molar-refractivity contribution in [3.05, 3.63) is 48.6 Å². The van der Waals surface area contributed by atoms with Crippen molar-refractivity contribution in [1.82, 2.24) is 5.32 Å². The van der Waals surface area contributed by atoms with Gasteiger partial charge in [-0.3, -0.25) is 4.79 Å². The summed E-state index contributed by atoms with van der Waals surface area (Å²) in [5.41, 5.74) is 0. The Balaban J connectivity index is 3.56. The molecule has 4 heteroatoms. The van der Waals surface area contributed by atoms with Gasteiger partial charge >= 0.3 is 0 Å². The molecule has 0 aliphatic carbocycles. The Morgan fingerprint density at radius 2 is 1.00 bits per heavy atom. The summed E-state index contributed by atoms with van der Waals surface area (Å²) in [6.07, 6.45) is 46.4. The van der Waals surface area contributed by atoms with Crippen LogP contribution in [0, 0.1) is 0 Å². The fourth-order valence-corrected chi connectivity index (χ4v) is 5.15. The van der Waals surface area contributed by atoms with E-state index in [1.165, 1.54) is 116 Å². The summed E-state index contributed by atoms with van der Waals surface area (Å²) in [6, 6.07) is -0.637. The van der Waals surface area contributed by atoms with Crippen LogP contribution in [0.15, 0.2) is 48.6 Å². The van der Waals surface area contributed by atoms with E-state index < -0.39 is 12.1 Å². The van der Waals surface area contributed by atoms with Gasteiger partial charge in [-0.2, -0.15) is 0 Å². The van der Waals surface area contributed by atoms with E-state index in [0.717, 1.165) is 38.5 Å². The maximum atomic E-state index is 12.3. The van der Waals surface area contributed by atoms with E-state index in [0.29, 0.717) is 6.42 Å². The summed E-state index contributed by atoms with van der Waals surface area (Å²) < 4.78 is 0. The molecule has 2 unspecified atom stereocenters. The number of aliphatic hydroxyl groups is 2. The van der Waals surface area contributed by atoms with Gasteiger partial charge in [0.2, 0.25) is 5.91 Å². The molecule has 4 nitrogen and oxygen atoms in total. The smallest absolute Gasteiger partial charge is 0.220 e. The lowest BCUT2D eigenvalue weighted by atomic mass is 10.0. The highest BCUT2D eigenvalue weighted by molar-refractivity contribution is 5.76. The molecule has 0 saturated carbocycles. The molecule has 0 bridgehead atoms. The Morgan fingerprint density at radius 1 is 0.558 bits per heavy atom. The van der Waals surface area contributed by atoms with Crippen LogP contribution in [0.5, 0.6) is 0 Å². The molecule has 0 heterocycles.